The van der Waals surface area contributed by atoms with Crippen molar-refractivity contribution in [3.05, 3.63) is 44.0 Å². The molecular formula is C9H5Cl2N3O4S2. The largest absolute Gasteiger partial charge is 0.289 e. The lowest BCUT2D eigenvalue weighted by atomic mass is 10.3. The number of halogens is 2. The highest BCUT2D eigenvalue weighted by molar-refractivity contribution is 7.94. The molecule has 0 aliphatic heterocycles. The molecule has 0 fully saturated rings. The molecule has 0 bridgehead atoms. The van der Waals surface area contributed by atoms with Crippen LogP contribution in [0.4, 0.5) is 11.4 Å². The third-order valence-electron chi connectivity index (χ3n) is 2.12. The fraction of sp³-hybridized carbons (Fsp3) is 0. The van der Waals surface area contributed by atoms with E-state index in [9.17, 15) is 18.5 Å². The predicted octanol–water partition coefficient (Wildman–Crippen LogP) is 3.16. The number of thiazole rings is 1. The number of benzene rings is 1. The van der Waals surface area contributed by atoms with Crippen LogP contribution in [0.2, 0.25) is 9.49 Å². The lowest BCUT2D eigenvalue weighted by Crippen LogP contribution is -2.11. The number of rotatable bonds is 4. The molecular weight excluding hydrogens is 349 g/mol. The highest BCUT2D eigenvalue weighted by Crippen LogP contribution is 2.29. The minimum Gasteiger partial charge on any atom is -0.279 e. The Balaban J connectivity index is 2.35. The Morgan fingerprint density at radius 2 is 2.05 bits per heavy atom. The van der Waals surface area contributed by atoms with Crippen LogP contribution in [0.15, 0.2) is 28.6 Å². The normalized spacial score (nSPS) is 11.3. The van der Waals surface area contributed by atoms with Crippen LogP contribution in [0.3, 0.4) is 0 Å². The molecule has 2 aromatic rings. The van der Waals surface area contributed by atoms with Crippen molar-refractivity contribution in [3.63, 3.8) is 0 Å². The van der Waals surface area contributed by atoms with Crippen molar-refractivity contribution in [3.8, 4) is 0 Å². The van der Waals surface area contributed by atoms with Gasteiger partial charge in [-0.05, 0) is 12.1 Å². The number of aromatic nitrogens is 1. The molecule has 0 saturated heterocycles. The molecule has 0 unspecified atom stereocenters. The van der Waals surface area contributed by atoms with E-state index in [1.54, 1.807) is 0 Å². The molecule has 1 heterocycles. The maximum Gasteiger partial charge on any atom is 0.289 e. The molecule has 1 N–H and O–H groups in total. The highest BCUT2D eigenvalue weighted by Gasteiger charge is 2.20. The molecule has 1 aromatic heterocycles. The van der Waals surface area contributed by atoms with Crippen LogP contribution in [-0.4, -0.2) is 18.3 Å². The van der Waals surface area contributed by atoms with E-state index < -0.39 is 20.6 Å². The van der Waals surface area contributed by atoms with Gasteiger partial charge in [-0.2, -0.15) is 0 Å². The monoisotopic (exact) mass is 353 g/mol. The summed E-state index contributed by atoms with van der Waals surface area (Å²) in [5.74, 6) is 0. The number of nitrogens with one attached hydrogen (secondary N) is 1. The van der Waals surface area contributed by atoms with Gasteiger partial charge in [0.05, 0.1) is 16.8 Å². The fourth-order valence-corrected chi connectivity index (χ4v) is 3.81. The quantitative estimate of drug-likeness (QED) is 0.671. The molecule has 106 valence electrons. The summed E-state index contributed by atoms with van der Waals surface area (Å²) in [5, 5.41) is 10.6. The van der Waals surface area contributed by atoms with Crippen molar-refractivity contribution in [1.29, 1.82) is 0 Å². The van der Waals surface area contributed by atoms with Gasteiger partial charge in [0.2, 0.25) is 0 Å². The third kappa shape index (κ3) is 3.18. The zero-order valence-corrected chi connectivity index (χ0v) is 12.6. The fourth-order valence-electron chi connectivity index (χ4n) is 1.28. The number of nitrogens with zero attached hydrogens (tertiary/aromatic N) is 2. The second-order valence-corrected chi connectivity index (χ2v) is 7.39. The number of nitro groups is 1. The van der Waals surface area contributed by atoms with Gasteiger partial charge in [-0.3, -0.25) is 14.8 Å². The molecule has 0 atom stereocenters. The first kappa shape index (κ1) is 15.0. The first-order valence-electron chi connectivity index (χ1n) is 4.88. The summed E-state index contributed by atoms with van der Waals surface area (Å²) >= 11 is 12.0. The van der Waals surface area contributed by atoms with E-state index in [0.717, 1.165) is 23.6 Å². The van der Waals surface area contributed by atoms with Crippen molar-refractivity contribution >= 4 is 55.9 Å². The van der Waals surface area contributed by atoms with E-state index in [1.165, 1.54) is 12.1 Å². The zero-order valence-electron chi connectivity index (χ0n) is 9.41. The lowest BCUT2D eigenvalue weighted by molar-refractivity contribution is -0.384. The second kappa shape index (κ2) is 5.52. The summed E-state index contributed by atoms with van der Waals surface area (Å²) in [7, 11) is -3.89. The molecule has 20 heavy (non-hydrogen) atoms. The van der Waals surface area contributed by atoms with Crippen LogP contribution in [0.25, 0.3) is 0 Å². The Labute approximate surface area is 127 Å². The molecule has 0 spiro atoms. The predicted molar refractivity (Wildman–Crippen MR) is 76.0 cm³/mol. The third-order valence-corrected chi connectivity index (χ3v) is 5.39. The SMILES string of the molecule is O=[N+]([O-])c1cc(NS(=O)(=O)c2cnc(Cl)s2)ccc1Cl. The van der Waals surface area contributed by atoms with Crippen LogP contribution in [0.1, 0.15) is 0 Å². The average molecular weight is 354 g/mol. The summed E-state index contributed by atoms with van der Waals surface area (Å²) in [6.45, 7) is 0. The van der Waals surface area contributed by atoms with Crippen molar-refractivity contribution in [1.82, 2.24) is 4.98 Å². The highest BCUT2D eigenvalue weighted by atomic mass is 35.5. The minimum absolute atomic E-state index is 0.0191. The van der Waals surface area contributed by atoms with Gasteiger partial charge in [-0.1, -0.05) is 34.5 Å². The average Bonchev–Trinajstić information content (AvgIpc) is 2.78. The van der Waals surface area contributed by atoms with Crippen molar-refractivity contribution in [2.75, 3.05) is 4.72 Å². The smallest absolute Gasteiger partial charge is 0.279 e. The maximum absolute atomic E-state index is 12.0. The van der Waals surface area contributed by atoms with E-state index in [1.807, 2.05) is 0 Å². The van der Waals surface area contributed by atoms with Crippen molar-refractivity contribution < 1.29 is 13.3 Å². The molecule has 0 aliphatic rings. The lowest BCUT2D eigenvalue weighted by Gasteiger charge is -2.06. The Morgan fingerprint density at radius 3 is 2.60 bits per heavy atom. The number of hydrogen-bond donors (Lipinski definition) is 1. The number of anilines is 1. The maximum atomic E-state index is 12.0. The molecule has 0 saturated carbocycles. The van der Waals surface area contributed by atoms with E-state index in [-0.39, 0.29) is 19.4 Å². The Bertz CT molecular complexity index is 775. The summed E-state index contributed by atoms with van der Waals surface area (Å²) in [6, 6.07) is 3.58. The summed E-state index contributed by atoms with van der Waals surface area (Å²) < 4.78 is 26.1. The summed E-state index contributed by atoms with van der Waals surface area (Å²) in [4.78, 5) is 13.6. The molecule has 0 amide bonds. The molecule has 2 rings (SSSR count). The number of sulfonamides is 1. The van der Waals surface area contributed by atoms with Gasteiger partial charge in [0.25, 0.3) is 15.7 Å². The van der Waals surface area contributed by atoms with E-state index in [0.29, 0.717) is 0 Å². The minimum atomic E-state index is -3.89. The number of nitro benzene ring substituents is 1. The van der Waals surface area contributed by atoms with E-state index in [4.69, 9.17) is 23.2 Å². The Morgan fingerprint density at radius 1 is 1.35 bits per heavy atom. The Kier molecular flexibility index (Phi) is 4.14. The second-order valence-electron chi connectivity index (χ2n) is 3.46. The zero-order chi connectivity index (χ0) is 14.9. The van der Waals surface area contributed by atoms with Crippen LogP contribution in [0.5, 0.6) is 0 Å². The molecule has 7 nitrogen and oxygen atoms in total. The van der Waals surface area contributed by atoms with E-state index >= 15 is 0 Å². The van der Waals surface area contributed by atoms with Gasteiger partial charge in [-0.15, -0.1) is 0 Å². The van der Waals surface area contributed by atoms with Gasteiger partial charge in [0, 0.05) is 6.07 Å². The summed E-state index contributed by atoms with van der Waals surface area (Å²) in [5.41, 5.74) is -0.375. The van der Waals surface area contributed by atoms with Gasteiger partial charge >= 0.3 is 0 Å². The van der Waals surface area contributed by atoms with Gasteiger partial charge < -0.3 is 0 Å². The molecule has 0 aliphatic carbocycles. The van der Waals surface area contributed by atoms with Crippen LogP contribution in [0, 0.1) is 10.1 Å². The first-order valence-corrected chi connectivity index (χ1v) is 7.93. The van der Waals surface area contributed by atoms with Crippen LogP contribution < -0.4 is 4.72 Å². The summed E-state index contributed by atoms with van der Waals surface area (Å²) in [6.07, 6.45) is 1.10. The van der Waals surface area contributed by atoms with Crippen LogP contribution >= 0.6 is 34.5 Å². The standard InChI is InChI=1S/C9H5Cl2N3O4S2/c10-6-2-1-5(3-7(6)14(15)16)13-20(17,18)8-4-12-9(11)19-8/h1-4,13H. The molecule has 1 aromatic carbocycles. The Hall–Kier alpha value is -1.42. The molecule has 0 radical (unpaired) electrons. The van der Waals surface area contributed by atoms with Gasteiger partial charge in [-0.25, -0.2) is 13.4 Å². The topological polar surface area (TPSA) is 102 Å². The first-order chi connectivity index (χ1) is 9.29. The van der Waals surface area contributed by atoms with Crippen molar-refractivity contribution in [2.45, 2.75) is 4.21 Å². The van der Waals surface area contributed by atoms with E-state index in [2.05, 4.69) is 9.71 Å². The number of hydrogen-bond acceptors (Lipinski definition) is 6. The van der Waals surface area contributed by atoms with Gasteiger partial charge in [0.15, 0.2) is 8.68 Å². The molecule has 11 heteroatoms. The van der Waals surface area contributed by atoms with Gasteiger partial charge in [0.1, 0.15) is 5.02 Å². The van der Waals surface area contributed by atoms with Crippen LogP contribution in [-0.2, 0) is 10.0 Å². The van der Waals surface area contributed by atoms with Crippen molar-refractivity contribution in [2.24, 2.45) is 0 Å².